The zero-order valence-electron chi connectivity index (χ0n) is 7.40. The average Bonchev–Trinajstić information content (AvgIpc) is 2.67. The van der Waals surface area contributed by atoms with Crippen molar-refractivity contribution in [2.45, 2.75) is 25.4 Å². The second-order valence-electron chi connectivity index (χ2n) is 3.25. The molecule has 13 heavy (non-hydrogen) atoms. The molecule has 1 N–H and O–H groups in total. The molecule has 0 aliphatic carbocycles. The van der Waals surface area contributed by atoms with E-state index < -0.39 is 0 Å². The lowest BCUT2D eigenvalue weighted by molar-refractivity contribution is 0.276. The van der Waals surface area contributed by atoms with Crippen LogP contribution < -0.4 is 0 Å². The summed E-state index contributed by atoms with van der Waals surface area (Å²) in [5, 5.41) is 8.82. The molecule has 2 rings (SSSR count). The summed E-state index contributed by atoms with van der Waals surface area (Å²) in [6.07, 6.45) is 3.96. The van der Waals surface area contributed by atoms with E-state index in [1.54, 1.807) is 6.26 Å². The number of aliphatic hydroxyl groups is 1. The van der Waals surface area contributed by atoms with Crippen LogP contribution in [-0.4, -0.2) is 21.6 Å². The minimum Gasteiger partial charge on any atom is -0.448 e. The van der Waals surface area contributed by atoms with Gasteiger partial charge in [0.1, 0.15) is 12.0 Å². The smallest absolute Gasteiger partial charge is 0.198 e. The summed E-state index contributed by atoms with van der Waals surface area (Å²) in [5.74, 6) is 3.62. The maximum absolute atomic E-state index is 8.82. The van der Waals surface area contributed by atoms with Gasteiger partial charge >= 0.3 is 0 Å². The third kappa shape index (κ3) is 2.06. The molecule has 1 atom stereocenters. The van der Waals surface area contributed by atoms with E-state index in [0.29, 0.717) is 11.6 Å². The van der Waals surface area contributed by atoms with Crippen molar-refractivity contribution >= 4 is 11.8 Å². The highest BCUT2D eigenvalue weighted by Gasteiger charge is 2.20. The van der Waals surface area contributed by atoms with Crippen LogP contribution in [0.1, 0.15) is 30.3 Å². The highest BCUT2D eigenvalue weighted by atomic mass is 32.2. The molecule has 1 saturated heterocycles. The molecule has 4 heteroatoms. The summed E-state index contributed by atoms with van der Waals surface area (Å²) in [5.41, 5.74) is 0.644. The summed E-state index contributed by atoms with van der Waals surface area (Å²) in [6.45, 7) is -0.0244. The second-order valence-corrected chi connectivity index (χ2v) is 4.40. The van der Waals surface area contributed by atoms with Gasteiger partial charge in [0.15, 0.2) is 5.89 Å². The molecule has 72 valence electrons. The van der Waals surface area contributed by atoms with Gasteiger partial charge in [-0.1, -0.05) is 0 Å². The SMILES string of the molecule is OCc1coc(C2CCCSC2)n1. The molecular formula is C9H13NO2S. The molecule has 1 aromatic rings. The molecule has 3 nitrogen and oxygen atoms in total. The maximum atomic E-state index is 8.82. The van der Waals surface area contributed by atoms with Crippen LogP contribution in [0.15, 0.2) is 10.7 Å². The first kappa shape index (κ1) is 9.09. The van der Waals surface area contributed by atoms with Gasteiger partial charge in [0.05, 0.1) is 6.61 Å². The molecule has 0 spiro atoms. The van der Waals surface area contributed by atoms with Crippen LogP contribution in [-0.2, 0) is 6.61 Å². The number of oxazole rings is 1. The monoisotopic (exact) mass is 199 g/mol. The second kappa shape index (κ2) is 4.15. The van der Waals surface area contributed by atoms with E-state index in [0.717, 1.165) is 11.6 Å². The summed E-state index contributed by atoms with van der Waals surface area (Å²) in [4.78, 5) is 4.22. The quantitative estimate of drug-likeness (QED) is 0.788. The van der Waals surface area contributed by atoms with E-state index >= 15 is 0 Å². The van der Waals surface area contributed by atoms with Gasteiger partial charge in [-0.2, -0.15) is 11.8 Å². The molecule has 1 unspecified atom stereocenters. The Kier molecular flexibility index (Phi) is 2.90. The third-order valence-electron chi connectivity index (χ3n) is 2.24. The topological polar surface area (TPSA) is 46.3 Å². The van der Waals surface area contributed by atoms with E-state index in [-0.39, 0.29) is 6.61 Å². The number of rotatable bonds is 2. The Morgan fingerprint density at radius 3 is 3.23 bits per heavy atom. The zero-order chi connectivity index (χ0) is 9.10. The Bertz CT molecular complexity index is 268. The lowest BCUT2D eigenvalue weighted by Crippen LogP contribution is -2.08. The van der Waals surface area contributed by atoms with E-state index in [1.165, 1.54) is 18.6 Å². The molecule has 1 aliphatic rings. The first-order valence-electron chi connectivity index (χ1n) is 4.53. The number of nitrogens with zero attached hydrogens (tertiary/aromatic N) is 1. The average molecular weight is 199 g/mol. The van der Waals surface area contributed by atoms with Crippen molar-refractivity contribution in [3.63, 3.8) is 0 Å². The highest BCUT2D eigenvalue weighted by Crippen LogP contribution is 2.30. The van der Waals surface area contributed by atoms with Crippen LogP contribution in [0.5, 0.6) is 0 Å². The predicted octanol–water partition coefficient (Wildman–Crippen LogP) is 1.78. The van der Waals surface area contributed by atoms with Crippen molar-refractivity contribution in [2.24, 2.45) is 0 Å². The van der Waals surface area contributed by atoms with Crippen molar-refractivity contribution in [1.82, 2.24) is 4.98 Å². The molecule has 1 fully saturated rings. The first-order valence-corrected chi connectivity index (χ1v) is 5.68. The Balaban J connectivity index is 2.05. The number of hydrogen-bond acceptors (Lipinski definition) is 4. The lowest BCUT2D eigenvalue weighted by Gasteiger charge is -2.17. The fourth-order valence-corrected chi connectivity index (χ4v) is 2.65. The fourth-order valence-electron chi connectivity index (χ4n) is 1.52. The van der Waals surface area contributed by atoms with Gasteiger partial charge in [-0.15, -0.1) is 0 Å². The first-order chi connectivity index (χ1) is 6.40. The van der Waals surface area contributed by atoms with Gasteiger partial charge in [0.25, 0.3) is 0 Å². The predicted molar refractivity (Wildman–Crippen MR) is 51.7 cm³/mol. The normalized spacial score (nSPS) is 23.3. The maximum Gasteiger partial charge on any atom is 0.198 e. The van der Waals surface area contributed by atoms with Gasteiger partial charge < -0.3 is 9.52 Å². The van der Waals surface area contributed by atoms with Gasteiger partial charge in [0, 0.05) is 11.7 Å². The van der Waals surface area contributed by atoms with Crippen LogP contribution in [0, 0.1) is 0 Å². The van der Waals surface area contributed by atoms with Crippen molar-refractivity contribution in [2.75, 3.05) is 11.5 Å². The van der Waals surface area contributed by atoms with E-state index in [2.05, 4.69) is 4.98 Å². The molecule has 0 radical (unpaired) electrons. The molecule has 0 saturated carbocycles. The highest BCUT2D eigenvalue weighted by molar-refractivity contribution is 7.99. The number of hydrogen-bond donors (Lipinski definition) is 1. The van der Waals surface area contributed by atoms with Gasteiger partial charge in [-0.25, -0.2) is 4.98 Å². The van der Waals surface area contributed by atoms with Crippen molar-refractivity contribution in [3.05, 3.63) is 17.8 Å². The van der Waals surface area contributed by atoms with Crippen LogP contribution in [0.4, 0.5) is 0 Å². The third-order valence-corrected chi connectivity index (χ3v) is 3.46. The molecule has 2 heterocycles. The van der Waals surface area contributed by atoms with Gasteiger partial charge in [-0.3, -0.25) is 0 Å². The molecule has 0 bridgehead atoms. The minimum absolute atomic E-state index is 0.0244. The Hall–Kier alpha value is -0.480. The Morgan fingerprint density at radius 1 is 1.69 bits per heavy atom. The van der Waals surface area contributed by atoms with Crippen molar-refractivity contribution in [1.29, 1.82) is 0 Å². The summed E-state index contributed by atoms with van der Waals surface area (Å²) in [7, 11) is 0. The van der Waals surface area contributed by atoms with Crippen LogP contribution >= 0.6 is 11.8 Å². The number of thioether (sulfide) groups is 1. The van der Waals surface area contributed by atoms with Crippen LogP contribution in [0.25, 0.3) is 0 Å². The molecule has 0 aromatic carbocycles. The Morgan fingerprint density at radius 2 is 2.62 bits per heavy atom. The number of aromatic nitrogens is 1. The largest absolute Gasteiger partial charge is 0.448 e. The van der Waals surface area contributed by atoms with E-state index in [9.17, 15) is 0 Å². The molecule has 1 aliphatic heterocycles. The van der Waals surface area contributed by atoms with Crippen molar-refractivity contribution < 1.29 is 9.52 Å². The van der Waals surface area contributed by atoms with Crippen LogP contribution in [0.2, 0.25) is 0 Å². The van der Waals surface area contributed by atoms with E-state index in [4.69, 9.17) is 9.52 Å². The molecule has 0 amide bonds. The fraction of sp³-hybridized carbons (Fsp3) is 0.667. The zero-order valence-corrected chi connectivity index (χ0v) is 8.22. The van der Waals surface area contributed by atoms with Crippen LogP contribution in [0.3, 0.4) is 0 Å². The molecule has 1 aromatic heterocycles. The summed E-state index contributed by atoms with van der Waals surface area (Å²) in [6, 6.07) is 0. The van der Waals surface area contributed by atoms with Gasteiger partial charge in [0.2, 0.25) is 0 Å². The molecular weight excluding hydrogens is 186 g/mol. The number of aliphatic hydroxyl groups excluding tert-OH is 1. The minimum atomic E-state index is -0.0244. The van der Waals surface area contributed by atoms with E-state index in [1.807, 2.05) is 11.8 Å². The summed E-state index contributed by atoms with van der Waals surface area (Å²) < 4.78 is 5.31. The van der Waals surface area contributed by atoms with Crippen molar-refractivity contribution in [3.8, 4) is 0 Å². The summed E-state index contributed by atoms with van der Waals surface area (Å²) >= 11 is 1.95. The standard InChI is InChI=1S/C9H13NO2S/c11-4-8-5-12-9(10-8)7-2-1-3-13-6-7/h5,7,11H,1-4,6H2. The lowest BCUT2D eigenvalue weighted by atomic mass is 10.1. The van der Waals surface area contributed by atoms with Gasteiger partial charge in [-0.05, 0) is 18.6 Å². The Labute approximate surface area is 81.5 Å².